The van der Waals surface area contributed by atoms with Gasteiger partial charge in [-0.05, 0) is 55.0 Å². The Morgan fingerprint density at radius 1 is 1.17 bits per heavy atom. The molecule has 1 N–H and O–H groups in total. The molecule has 182 valence electrons. The maximum absolute atomic E-state index is 14.0. The van der Waals surface area contributed by atoms with Crippen LogP contribution in [0, 0.1) is 5.92 Å². The number of nitrogens with zero attached hydrogens (tertiary/aromatic N) is 1. The van der Waals surface area contributed by atoms with E-state index >= 15 is 0 Å². The summed E-state index contributed by atoms with van der Waals surface area (Å²) >= 11 is 0. The van der Waals surface area contributed by atoms with Crippen molar-refractivity contribution >= 4 is 23.0 Å². The highest BCUT2D eigenvalue weighted by molar-refractivity contribution is 6.12. The molecular formula is C27H24F3NO4. The molecule has 0 saturated heterocycles. The highest BCUT2D eigenvalue weighted by atomic mass is 19.4. The van der Waals surface area contributed by atoms with Gasteiger partial charge in [0, 0.05) is 17.9 Å². The molecule has 4 rings (SSSR count). The molecule has 5 nitrogen and oxygen atoms in total. The fourth-order valence-corrected chi connectivity index (χ4v) is 4.43. The number of allylic oxidation sites excluding steroid dienone is 6. The lowest BCUT2D eigenvalue weighted by atomic mass is 9.88. The van der Waals surface area contributed by atoms with Crippen LogP contribution in [-0.4, -0.2) is 28.7 Å². The fraction of sp³-hybridized carbons (Fsp3) is 0.296. The Morgan fingerprint density at radius 2 is 1.94 bits per heavy atom. The van der Waals surface area contributed by atoms with Gasteiger partial charge in [0.1, 0.15) is 5.70 Å². The number of hydrogen-bond donors (Lipinski definition) is 1. The molecule has 2 heterocycles. The topological polar surface area (TPSA) is 79.9 Å². The number of aliphatic imine (C=N–C) groups is 1. The van der Waals surface area contributed by atoms with E-state index in [1.54, 1.807) is 42.5 Å². The van der Waals surface area contributed by atoms with Crippen molar-refractivity contribution in [3.05, 3.63) is 89.5 Å². The third kappa shape index (κ3) is 5.70. The molecule has 1 aliphatic heterocycles. The molecule has 1 aliphatic carbocycles. The first-order valence-electron chi connectivity index (χ1n) is 11.4. The molecule has 2 unspecified atom stereocenters. The van der Waals surface area contributed by atoms with E-state index in [1.165, 1.54) is 18.6 Å². The SMILES string of the molecule is O=C(CCCC(C(=O)O)c1ccccc1)C1=CC2CC/C=C(c3ccoc3)\C=C(\C(F)(F)F)C2=N1. The molecule has 2 aromatic rings. The summed E-state index contributed by atoms with van der Waals surface area (Å²) in [6, 6.07) is 10.3. The van der Waals surface area contributed by atoms with Gasteiger partial charge in [-0.3, -0.25) is 9.59 Å². The molecule has 1 aromatic carbocycles. The maximum Gasteiger partial charge on any atom is 0.418 e. The van der Waals surface area contributed by atoms with Crippen molar-refractivity contribution in [3.63, 3.8) is 0 Å². The van der Waals surface area contributed by atoms with Gasteiger partial charge in [-0.2, -0.15) is 13.2 Å². The van der Waals surface area contributed by atoms with Crippen molar-refractivity contribution in [2.75, 3.05) is 0 Å². The fourth-order valence-electron chi connectivity index (χ4n) is 4.43. The quantitative estimate of drug-likeness (QED) is 0.464. The number of carbonyl (C=O) groups is 2. The van der Waals surface area contributed by atoms with Crippen LogP contribution < -0.4 is 0 Å². The maximum atomic E-state index is 14.0. The van der Waals surface area contributed by atoms with Crippen molar-refractivity contribution in [3.8, 4) is 0 Å². The molecule has 0 fully saturated rings. The molecular weight excluding hydrogens is 459 g/mol. The van der Waals surface area contributed by atoms with Crippen LogP contribution in [0.4, 0.5) is 13.2 Å². The van der Waals surface area contributed by atoms with Crippen molar-refractivity contribution < 1.29 is 32.3 Å². The van der Waals surface area contributed by atoms with Gasteiger partial charge in [0.25, 0.3) is 0 Å². The average Bonchev–Trinajstić information content (AvgIpc) is 3.47. The van der Waals surface area contributed by atoms with E-state index in [1.807, 2.05) is 0 Å². The normalized spacial score (nSPS) is 21.9. The van der Waals surface area contributed by atoms with E-state index in [4.69, 9.17) is 4.42 Å². The summed E-state index contributed by atoms with van der Waals surface area (Å²) in [5.74, 6) is -2.73. The van der Waals surface area contributed by atoms with E-state index in [-0.39, 0.29) is 36.5 Å². The minimum absolute atomic E-state index is 0.00946. The Bertz CT molecular complexity index is 1200. The second-order valence-electron chi connectivity index (χ2n) is 8.58. The highest BCUT2D eigenvalue weighted by Gasteiger charge is 2.41. The van der Waals surface area contributed by atoms with Gasteiger partial charge >= 0.3 is 12.1 Å². The van der Waals surface area contributed by atoms with Crippen molar-refractivity contribution in [1.82, 2.24) is 0 Å². The Morgan fingerprint density at radius 3 is 2.60 bits per heavy atom. The molecule has 35 heavy (non-hydrogen) atoms. The number of benzene rings is 1. The second kappa shape index (κ2) is 10.3. The van der Waals surface area contributed by atoms with Crippen LogP contribution >= 0.6 is 0 Å². The zero-order valence-electron chi connectivity index (χ0n) is 18.8. The Kier molecular flexibility index (Phi) is 7.19. The van der Waals surface area contributed by atoms with Crippen LogP contribution in [0.25, 0.3) is 5.57 Å². The Hall–Kier alpha value is -3.68. The third-order valence-corrected chi connectivity index (χ3v) is 6.21. The first-order valence-corrected chi connectivity index (χ1v) is 11.4. The number of ketones is 1. The predicted octanol–water partition coefficient (Wildman–Crippen LogP) is 6.51. The van der Waals surface area contributed by atoms with E-state index in [0.717, 1.165) is 6.08 Å². The van der Waals surface area contributed by atoms with Gasteiger partial charge in [-0.25, -0.2) is 4.99 Å². The summed E-state index contributed by atoms with van der Waals surface area (Å²) in [7, 11) is 0. The molecule has 0 spiro atoms. The van der Waals surface area contributed by atoms with Gasteiger partial charge in [0.15, 0.2) is 5.78 Å². The Balaban J connectivity index is 1.50. The largest absolute Gasteiger partial charge is 0.481 e. The van der Waals surface area contributed by atoms with Crippen LogP contribution in [0.3, 0.4) is 0 Å². The predicted molar refractivity (Wildman–Crippen MR) is 125 cm³/mol. The molecule has 0 radical (unpaired) electrons. The third-order valence-electron chi connectivity index (χ3n) is 6.21. The number of furan rings is 1. The number of hydrogen-bond acceptors (Lipinski definition) is 4. The smallest absolute Gasteiger partial charge is 0.418 e. The van der Waals surface area contributed by atoms with E-state index < -0.39 is 29.6 Å². The van der Waals surface area contributed by atoms with Gasteiger partial charge in [0.2, 0.25) is 0 Å². The zero-order valence-corrected chi connectivity index (χ0v) is 18.8. The second-order valence-corrected chi connectivity index (χ2v) is 8.58. The number of fused-ring (bicyclic) bond motifs is 1. The van der Waals surface area contributed by atoms with Gasteiger partial charge < -0.3 is 9.52 Å². The monoisotopic (exact) mass is 483 g/mol. The van der Waals surface area contributed by atoms with Crippen LogP contribution in [0.5, 0.6) is 0 Å². The zero-order chi connectivity index (χ0) is 25.0. The lowest BCUT2D eigenvalue weighted by molar-refractivity contribution is -0.139. The summed E-state index contributed by atoms with van der Waals surface area (Å²) in [6.07, 6.45) is 3.89. The average molecular weight is 483 g/mol. The van der Waals surface area contributed by atoms with Crippen molar-refractivity contribution in [2.24, 2.45) is 10.9 Å². The van der Waals surface area contributed by atoms with Crippen LogP contribution in [0.15, 0.2) is 87.8 Å². The Labute approximate surface area is 200 Å². The number of aliphatic carboxylic acids is 1. The number of carboxylic acids is 1. The van der Waals surface area contributed by atoms with Crippen LogP contribution in [0.1, 0.15) is 49.1 Å². The number of carbonyl (C=O) groups excluding carboxylic acids is 1. The number of alkyl halides is 3. The standard InChI is InChI=1S/C27H24F3NO4/c28-27(29,30)22-14-18(20-12-13-35-16-20)8-4-9-19-15-23(31-25(19)22)24(32)11-5-10-21(26(33)34)17-6-2-1-3-7-17/h1-3,6-8,12-16,19,21H,4-5,9-11H2,(H,33,34)/b18-8+,22-14+. The highest BCUT2D eigenvalue weighted by Crippen LogP contribution is 2.38. The summed E-state index contributed by atoms with van der Waals surface area (Å²) in [4.78, 5) is 28.6. The number of rotatable bonds is 8. The van der Waals surface area contributed by atoms with Crippen molar-refractivity contribution in [2.45, 2.75) is 44.2 Å². The first kappa shape index (κ1) is 24.4. The van der Waals surface area contributed by atoms with E-state index in [9.17, 15) is 27.9 Å². The lowest BCUT2D eigenvalue weighted by Crippen LogP contribution is -2.25. The van der Waals surface area contributed by atoms with Gasteiger partial charge in [-0.1, -0.05) is 36.4 Å². The molecule has 0 amide bonds. The van der Waals surface area contributed by atoms with Gasteiger partial charge in [0.05, 0.1) is 29.7 Å². The summed E-state index contributed by atoms with van der Waals surface area (Å²) < 4.78 is 47.0. The molecule has 1 aromatic heterocycles. The lowest BCUT2D eigenvalue weighted by Gasteiger charge is -2.20. The van der Waals surface area contributed by atoms with E-state index in [0.29, 0.717) is 29.5 Å². The van der Waals surface area contributed by atoms with Crippen LogP contribution in [-0.2, 0) is 9.59 Å². The van der Waals surface area contributed by atoms with E-state index in [2.05, 4.69) is 4.99 Å². The first-order chi connectivity index (χ1) is 16.7. The minimum Gasteiger partial charge on any atom is -0.481 e. The summed E-state index contributed by atoms with van der Waals surface area (Å²) in [6.45, 7) is 0. The van der Waals surface area contributed by atoms with Crippen molar-refractivity contribution in [1.29, 1.82) is 0 Å². The summed E-state index contributed by atoms with van der Waals surface area (Å²) in [5.41, 5.74) is 0.573. The molecule has 0 saturated carbocycles. The van der Waals surface area contributed by atoms with Crippen LogP contribution in [0.2, 0.25) is 0 Å². The number of carboxylic acid groups (broad SMARTS) is 1. The van der Waals surface area contributed by atoms with Gasteiger partial charge in [-0.15, -0.1) is 0 Å². The summed E-state index contributed by atoms with van der Waals surface area (Å²) in [5, 5.41) is 9.55. The minimum atomic E-state index is -4.64. The molecule has 0 bridgehead atoms. The number of Topliss-reactive ketones (excluding diaryl/α,β-unsaturated/α-hetero) is 1. The number of halogens is 3. The molecule has 2 atom stereocenters. The molecule has 2 aliphatic rings. The molecule has 8 heteroatoms.